The molecule has 4 rings (SSSR count). The zero-order valence-electron chi connectivity index (χ0n) is 16.4. The Morgan fingerprint density at radius 3 is 2.67 bits per heavy atom. The summed E-state index contributed by atoms with van der Waals surface area (Å²) in [4.78, 5) is 31.6. The Morgan fingerprint density at radius 2 is 1.87 bits per heavy atom. The van der Waals surface area contributed by atoms with Crippen molar-refractivity contribution in [3.05, 3.63) is 84.1 Å². The predicted molar refractivity (Wildman–Crippen MR) is 115 cm³/mol. The molecule has 3 aromatic rings. The number of hydrogen-bond donors (Lipinski definition) is 0. The summed E-state index contributed by atoms with van der Waals surface area (Å²) in [6, 6.07) is 20.0. The first kappa shape index (κ1) is 20.0. The lowest BCUT2D eigenvalue weighted by Gasteiger charge is -2.37. The van der Waals surface area contributed by atoms with Gasteiger partial charge in [0.2, 0.25) is 0 Å². The summed E-state index contributed by atoms with van der Waals surface area (Å²) < 4.78 is 11.2. The predicted octanol–water partition coefficient (Wildman–Crippen LogP) is 4.13. The number of fused-ring (bicyclic) bond motifs is 1. The molecule has 30 heavy (non-hydrogen) atoms. The highest BCUT2D eigenvalue weighted by Crippen LogP contribution is 2.39. The van der Waals surface area contributed by atoms with E-state index in [-0.39, 0.29) is 18.6 Å². The van der Waals surface area contributed by atoms with Crippen LogP contribution in [0.2, 0.25) is 0 Å². The van der Waals surface area contributed by atoms with E-state index in [0.29, 0.717) is 28.6 Å². The molecular formula is C23H20N2O4S. The number of carbonyl (C=O) groups excluding carboxylic acids is 2. The highest BCUT2D eigenvalue weighted by molar-refractivity contribution is 7.98. The van der Waals surface area contributed by atoms with Crippen LogP contribution in [0.25, 0.3) is 0 Å². The number of para-hydroxylation sites is 2. The summed E-state index contributed by atoms with van der Waals surface area (Å²) in [6.45, 7) is -0.0564. The first-order chi connectivity index (χ1) is 14.7. The average molecular weight is 420 g/mol. The fraction of sp³-hybridized carbons (Fsp3) is 0.174. The number of thioether (sulfide) groups is 1. The average Bonchev–Trinajstić information content (AvgIpc) is 2.82. The van der Waals surface area contributed by atoms with Crippen molar-refractivity contribution in [2.45, 2.75) is 11.1 Å². The van der Waals surface area contributed by atoms with E-state index in [0.717, 1.165) is 5.56 Å². The van der Waals surface area contributed by atoms with Gasteiger partial charge in [-0.2, -0.15) is 0 Å². The van der Waals surface area contributed by atoms with E-state index in [1.165, 1.54) is 11.8 Å². The Balaban J connectivity index is 1.57. The largest absolute Gasteiger partial charge is 0.489 e. The lowest BCUT2D eigenvalue weighted by Crippen LogP contribution is -2.43. The Bertz CT molecular complexity index is 1060. The maximum Gasteiger partial charge on any atom is 0.341 e. The molecule has 0 spiro atoms. The molecule has 0 saturated heterocycles. The number of benzene rings is 2. The van der Waals surface area contributed by atoms with E-state index in [4.69, 9.17) is 9.47 Å². The normalized spacial score (nSPS) is 15.1. The number of ether oxygens (including phenoxy) is 2. The summed E-state index contributed by atoms with van der Waals surface area (Å²) in [5.74, 6) is -0.262. The molecule has 1 amide bonds. The molecule has 0 aliphatic carbocycles. The Morgan fingerprint density at radius 1 is 1.10 bits per heavy atom. The van der Waals surface area contributed by atoms with Crippen molar-refractivity contribution in [3.8, 4) is 5.75 Å². The van der Waals surface area contributed by atoms with Gasteiger partial charge in [0.1, 0.15) is 17.4 Å². The number of nitrogens with zero attached hydrogens (tertiary/aromatic N) is 2. The Kier molecular flexibility index (Phi) is 5.99. The summed E-state index contributed by atoms with van der Waals surface area (Å²) in [7, 11) is 0. The summed E-state index contributed by atoms with van der Waals surface area (Å²) in [5, 5.41) is 0.564. The monoisotopic (exact) mass is 420 g/mol. The van der Waals surface area contributed by atoms with Crippen LogP contribution < -0.4 is 9.64 Å². The number of rotatable bonds is 5. The van der Waals surface area contributed by atoms with Gasteiger partial charge in [-0.25, -0.2) is 9.78 Å². The highest BCUT2D eigenvalue weighted by Gasteiger charge is 2.33. The second kappa shape index (κ2) is 9.00. The van der Waals surface area contributed by atoms with Crippen molar-refractivity contribution in [1.29, 1.82) is 0 Å². The molecule has 1 aliphatic rings. The van der Waals surface area contributed by atoms with Gasteiger partial charge in [0, 0.05) is 6.20 Å². The summed E-state index contributed by atoms with van der Waals surface area (Å²) in [5.41, 5.74) is 1.95. The van der Waals surface area contributed by atoms with E-state index in [1.807, 2.05) is 60.9 Å². The van der Waals surface area contributed by atoms with Gasteiger partial charge in [-0.05, 0) is 36.1 Å². The molecule has 1 unspecified atom stereocenters. The second-order valence-corrected chi connectivity index (χ2v) is 7.40. The minimum absolute atomic E-state index is 0.313. The number of anilines is 1. The number of amides is 1. The van der Waals surface area contributed by atoms with Crippen LogP contribution in [0.5, 0.6) is 5.75 Å². The molecule has 152 valence electrons. The number of hydrogen-bond acceptors (Lipinski definition) is 6. The first-order valence-corrected chi connectivity index (χ1v) is 10.7. The van der Waals surface area contributed by atoms with Crippen molar-refractivity contribution in [2.24, 2.45) is 0 Å². The molecular weight excluding hydrogens is 400 g/mol. The molecule has 2 heterocycles. The van der Waals surface area contributed by atoms with Gasteiger partial charge < -0.3 is 9.47 Å². The summed E-state index contributed by atoms with van der Waals surface area (Å²) >= 11 is 1.35. The van der Waals surface area contributed by atoms with Gasteiger partial charge in [-0.1, -0.05) is 42.5 Å². The first-order valence-electron chi connectivity index (χ1n) is 9.44. The Labute approximate surface area is 178 Å². The van der Waals surface area contributed by atoms with E-state index in [2.05, 4.69) is 4.98 Å². The minimum Gasteiger partial charge on any atom is -0.489 e. The van der Waals surface area contributed by atoms with Gasteiger partial charge in [-0.3, -0.25) is 9.69 Å². The SMILES string of the molecule is CSc1ncccc1C(=O)OCC(=O)N1c2ccccc2OCC1c1ccccc1. The standard InChI is InChI=1S/C23H20N2O4S/c1-30-22-17(10-7-13-24-22)23(27)29-15-21(26)25-18-11-5-6-12-20(18)28-14-19(25)16-8-3-2-4-9-16/h2-13,19H,14-15H2,1H3. The minimum atomic E-state index is -0.571. The lowest BCUT2D eigenvalue weighted by molar-refractivity contribution is -0.122. The van der Waals surface area contributed by atoms with Crippen molar-refractivity contribution in [1.82, 2.24) is 4.98 Å². The molecule has 0 radical (unpaired) electrons. The third kappa shape index (κ3) is 4.02. The highest BCUT2D eigenvalue weighted by atomic mass is 32.2. The maximum atomic E-state index is 13.2. The quantitative estimate of drug-likeness (QED) is 0.457. The molecule has 0 N–H and O–H groups in total. The number of esters is 1. The summed E-state index contributed by atoms with van der Waals surface area (Å²) in [6.07, 6.45) is 3.45. The molecule has 1 atom stereocenters. The molecule has 0 saturated carbocycles. The van der Waals surface area contributed by atoms with E-state index in [1.54, 1.807) is 23.2 Å². The van der Waals surface area contributed by atoms with Crippen molar-refractivity contribution < 1.29 is 19.1 Å². The van der Waals surface area contributed by atoms with Crippen molar-refractivity contribution in [3.63, 3.8) is 0 Å². The molecule has 6 nitrogen and oxygen atoms in total. The van der Waals surface area contributed by atoms with Gasteiger partial charge in [0.05, 0.1) is 17.3 Å². The van der Waals surface area contributed by atoms with Crippen LogP contribution >= 0.6 is 11.8 Å². The number of carbonyl (C=O) groups is 2. The molecule has 0 fully saturated rings. The third-order valence-corrected chi connectivity index (χ3v) is 5.51. The van der Waals surface area contributed by atoms with Crippen LogP contribution in [0, 0.1) is 0 Å². The number of aromatic nitrogens is 1. The van der Waals surface area contributed by atoms with Crippen molar-refractivity contribution in [2.75, 3.05) is 24.4 Å². The molecule has 7 heteroatoms. The topological polar surface area (TPSA) is 68.7 Å². The van der Waals surface area contributed by atoms with E-state index < -0.39 is 5.97 Å². The van der Waals surface area contributed by atoms with Crippen LogP contribution in [0.3, 0.4) is 0 Å². The zero-order valence-corrected chi connectivity index (χ0v) is 17.2. The van der Waals surface area contributed by atoms with Crippen LogP contribution in [-0.4, -0.2) is 36.3 Å². The second-order valence-electron chi connectivity index (χ2n) is 6.61. The smallest absolute Gasteiger partial charge is 0.341 e. The van der Waals surface area contributed by atoms with Crippen molar-refractivity contribution >= 4 is 29.3 Å². The van der Waals surface area contributed by atoms with Crippen LogP contribution in [-0.2, 0) is 9.53 Å². The van der Waals surface area contributed by atoms with E-state index >= 15 is 0 Å². The van der Waals surface area contributed by atoms with E-state index in [9.17, 15) is 9.59 Å². The van der Waals surface area contributed by atoms with Gasteiger partial charge in [0.15, 0.2) is 6.61 Å². The van der Waals surface area contributed by atoms with Crippen LogP contribution in [0.15, 0.2) is 78.0 Å². The molecule has 0 bridgehead atoms. The van der Waals surface area contributed by atoms with Crippen LogP contribution in [0.1, 0.15) is 22.0 Å². The number of pyridine rings is 1. The fourth-order valence-corrected chi connectivity index (χ4v) is 3.94. The zero-order chi connectivity index (χ0) is 20.9. The van der Waals surface area contributed by atoms with Gasteiger partial charge in [0.25, 0.3) is 5.91 Å². The maximum absolute atomic E-state index is 13.2. The van der Waals surface area contributed by atoms with Gasteiger partial charge >= 0.3 is 5.97 Å². The fourth-order valence-electron chi connectivity index (χ4n) is 3.40. The molecule has 2 aromatic carbocycles. The lowest BCUT2D eigenvalue weighted by atomic mass is 10.0. The molecule has 1 aromatic heterocycles. The molecule has 1 aliphatic heterocycles. The van der Waals surface area contributed by atoms with Crippen LogP contribution in [0.4, 0.5) is 5.69 Å². The Hall–Kier alpha value is -3.32. The third-order valence-electron chi connectivity index (χ3n) is 4.80. The van der Waals surface area contributed by atoms with Gasteiger partial charge in [-0.15, -0.1) is 11.8 Å².